The Morgan fingerprint density at radius 1 is 1.31 bits per heavy atom. The average Bonchev–Trinajstić information content (AvgIpc) is 3.31. The molecule has 172 valence electrons. The van der Waals surface area contributed by atoms with E-state index < -0.39 is 18.1 Å². The van der Waals surface area contributed by atoms with Gasteiger partial charge in [-0.2, -0.15) is 5.10 Å². The van der Waals surface area contributed by atoms with Crippen LogP contribution in [0.15, 0.2) is 18.5 Å². The number of imidazole rings is 1. The predicted molar refractivity (Wildman–Crippen MR) is 109 cm³/mol. The molecule has 2 aliphatic carbocycles. The van der Waals surface area contributed by atoms with Gasteiger partial charge in [-0.25, -0.2) is 27.9 Å². The summed E-state index contributed by atoms with van der Waals surface area (Å²) in [6, 6.07) is 1.20. The Morgan fingerprint density at radius 3 is 2.78 bits per heavy atom. The average molecular weight is 448 g/mol. The molecule has 2 saturated carbocycles. The number of aromatic nitrogens is 3. The van der Waals surface area contributed by atoms with Gasteiger partial charge in [-0.15, -0.1) is 0 Å². The van der Waals surface area contributed by atoms with Crippen molar-refractivity contribution < 1.29 is 23.1 Å². The van der Waals surface area contributed by atoms with Crippen LogP contribution in [0.4, 0.5) is 18.4 Å². The van der Waals surface area contributed by atoms with Gasteiger partial charge < -0.3 is 20.3 Å². The molecule has 2 aromatic rings. The summed E-state index contributed by atoms with van der Waals surface area (Å²) < 4.78 is 34.4. The number of carbonyl (C=O) groups is 2. The first-order valence-corrected chi connectivity index (χ1v) is 11.1. The lowest BCUT2D eigenvalue weighted by Gasteiger charge is -2.33. The molecule has 32 heavy (non-hydrogen) atoms. The molecular formula is C21H26F2N6O3. The lowest BCUT2D eigenvalue weighted by molar-refractivity contribution is -0.0497. The van der Waals surface area contributed by atoms with Crippen LogP contribution in [0.3, 0.4) is 0 Å². The van der Waals surface area contributed by atoms with Gasteiger partial charge >= 0.3 is 12.1 Å². The molecule has 3 amide bonds. The fourth-order valence-corrected chi connectivity index (χ4v) is 4.38. The highest BCUT2D eigenvalue weighted by molar-refractivity contribution is 5.76. The van der Waals surface area contributed by atoms with Crippen molar-refractivity contribution in [3.05, 3.63) is 29.7 Å². The van der Waals surface area contributed by atoms with Gasteiger partial charge in [0, 0.05) is 32.5 Å². The summed E-state index contributed by atoms with van der Waals surface area (Å²) in [7, 11) is 0. The standard InChI is InChI=1S/C21H26F2N6O3/c22-21(23)5-3-14(4-6-21)18(27-20(31)32-15-1-2-15)16-12-29-17(26-16)9-13(10-25-29)11-28-8-7-24-19(28)30/h9-10,12,14-15,18H,1-8,11H2,(H,24,30)(H,27,31). The molecule has 5 rings (SSSR count). The van der Waals surface area contributed by atoms with Crippen LogP contribution in [0.2, 0.25) is 0 Å². The second-order valence-electron chi connectivity index (χ2n) is 8.91. The smallest absolute Gasteiger partial charge is 0.407 e. The molecule has 1 unspecified atom stereocenters. The fraction of sp³-hybridized carbons (Fsp3) is 0.619. The second kappa shape index (κ2) is 8.18. The van der Waals surface area contributed by atoms with Gasteiger partial charge in [0.05, 0.1) is 24.1 Å². The van der Waals surface area contributed by atoms with E-state index in [2.05, 4.69) is 20.7 Å². The number of alkyl carbamates (subject to hydrolysis) is 1. The lowest BCUT2D eigenvalue weighted by atomic mass is 9.81. The van der Waals surface area contributed by atoms with E-state index in [4.69, 9.17) is 4.74 Å². The molecule has 1 aliphatic heterocycles. The number of fused-ring (bicyclic) bond motifs is 1. The number of halogens is 2. The molecule has 9 nitrogen and oxygen atoms in total. The maximum absolute atomic E-state index is 13.7. The third-order valence-electron chi connectivity index (χ3n) is 6.34. The number of hydrogen-bond acceptors (Lipinski definition) is 5. The highest BCUT2D eigenvalue weighted by atomic mass is 19.3. The minimum Gasteiger partial charge on any atom is -0.446 e. The van der Waals surface area contributed by atoms with Crippen molar-refractivity contribution in [2.45, 2.75) is 63.1 Å². The van der Waals surface area contributed by atoms with Crippen LogP contribution in [-0.2, 0) is 11.3 Å². The van der Waals surface area contributed by atoms with Crippen LogP contribution in [0.1, 0.15) is 55.8 Å². The molecule has 0 bridgehead atoms. The van der Waals surface area contributed by atoms with Crippen molar-refractivity contribution in [3.63, 3.8) is 0 Å². The number of carbonyl (C=O) groups excluding carboxylic acids is 2. The van der Waals surface area contributed by atoms with Gasteiger partial charge in [0.2, 0.25) is 5.92 Å². The van der Waals surface area contributed by atoms with Crippen molar-refractivity contribution in [2.24, 2.45) is 5.92 Å². The number of hydrogen-bond donors (Lipinski definition) is 2. The van der Waals surface area contributed by atoms with E-state index in [9.17, 15) is 18.4 Å². The number of nitrogens with zero attached hydrogens (tertiary/aromatic N) is 4. The molecule has 2 aromatic heterocycles. The number of rotatable bonds is 6. The number of ether oxygens (including phenoxy) is 1. The molecule has 1 saturated heterocycles. The SMILES string of the molecule is O=C(NC(c1cn2ncc(CN3CCNC3=O)cc2n1)C1CCC(F)(F)CC1)OC1CC1. The van der Waals surface area contributed by atoms with E-state index in [0.717, 1.165) is 18.4 Å². The van der Waals surface area contributed by atoms with Crippen LogP contribution < -0.4 is 10.6 Å². The summed E-state index contributed by atoms with van der Waals surface area (Å²) in [5.74, 6) is -2.83. The number of alkyl halides is 2. The Kier molecular flexibility index (Phi) is 5.34. The summed E-state index contributed by atoms with van der Waals surface area (Å²) in [5.41, 5.74) is 1.97. The first-order valence-electron chi connectivity index (χ1n) is 11.1. The van der Waals surface area contributed by atoms with Gasteiger partial charge in [-0.1, -0.05) is 0 Å². The molecule has 11 heteroatoms. The molecule has 3 aliphatic rings. The van der Waals surface area contributed by atoms with Gasteiger partial charge in [0.25, 0.3) is 0 Å². The van der Waals surface area contributed by atoms with E-state index in [0.29, 0.717) is 31.0 Å². The van der Waals surface area contributed by atoms with E-state index in [1.807, 2.05) is 6.07 Å². The zero-order chi connectivity index (χ0) is 22.3. The Balaban J connectivity index is 1.37. The van der Waals surface area contributed by atoms with Crippen LogP contribution in [0.5, 0.6) is 0 Å². The first-order chi connectivity index (χ1) is 15.4. The van der Waals surface area contributed by atoms with E-state index in [1.165, 1.54) is 0 Å². The summed E-state index contributed by atoms with van der Waals surface area (Å²) in [4.78, 5) is 30.5. The topological polar surface area (TPSA) is 101 Å². The minimum atomic E-state index is -2.66. The van der Waals surface area contributed by atoms with E-state index in [1.54, 1.807) is 21.8 Å². The van der Waals surface area contributed by atoms with Crippen molar-refractivity contribution in [1.29, 1.82) is 0 Å². The summed E-state index contributed by atoms with van der Waals surface area (Å²) in [5, 5.41) is 10.0. The highest BCUT2D eigenvalue weighted by Gasteiger charge is 2.40. The van der Waals surface area contributed by atoms with Crippen molar-refractivity contribution in [1.82, 2.24) is 30.1 Å². The predicted octanol–water partition coefficient (Wildman–Crippen LogP) is 3.01. The largest absolute Gasteiger partial charge is 0.446 e. The maximum atomic E-state index is 13.7. The van der Waals surface area contributed by atoms with Gasteiger partial charge in [0.1, 0.15) is 6.10 Å². The second-order valence-corrected chi connectivity index (χ2v) is 8.91. The van der Waals surface area contributed by atoms with Crippen molar-refractivity contribution in [2.75, 3.05) is 13.1 Å². The zero-order valence-electron chi connectivity index (χ0n) is 17.6. The first kappa shape index (κ1) is 20.9. The summed E-state index contributed by atoms with van der Waals surface area (Å²) >= 11 is 0. The molecule has 2 N–H and O–H groups in total. The van der Waals surface area contributed by atoms with Crippen LogP contribution in [-0.4, -0.2) is 56.7 Å². The normalized spacial score (nSPS) is 22.1. The third kappa shape index (κ3) is 4.61. The van der Waals surface area contributed by atoms with Crippen LogP contribution in [0.25, 0.3) is 5.65 Å². The van der Waals surface area contributed by atoms with Crippen LogP contribution >= 0.6 is 0 Å². The fourth-order valence-electron chi connectivity index (χ4n) is 4.38. The third-order valence-corrected chi connectivity index (χ3v) is 6.34. The van der Waals surface area contributed by atoms with E-state index in [-0.39, 0.29) is 43.7 Å². The Morgan fingerprint density at radius 2 is 2.09 bits per heavy atom. The van der Waals surface area contributed by atoms with Crippen molar-refractivity contribution in [3.8, 4) is 0 Å². The van der Waals surface area contributed by atoms with Gasteiger partial charge in [-0.05, 0) is 43.2 Å². The highest BCUT2D eigenvalue weighted by Crippen LogP contribution is 2.41. The molecule has 3 fully saturated rings. The molecule has 3 heterocycles. The monoisotopic (exact) mass is 448 g/mol. The summed E-state index contributed by atoms with van der Waals surface area (Å²) in [6.07, 6.45) is 4.66. The van der Waals surface area contributed by atoms with Gasteiger partial charge in [-0.3, -0.25) is 0 Å². The lowest BCUT2D eigenvalue weighted by Crippen LogP contribution is -2.37. The summed E-state index contributed by atoms with van der Waals surface area (Å²) in [6.45, 7) is 1.67. The number of urea groups is 1. The van der Waals surface area contributed by atoms with Crippen molar-refractivity contribution >= 4 is 17.8 Å². The van der Waals surface area contributed by atoms with Crippen LogP contribution in [0, 0.1) is 5.92 Å². The Hall–Kier alpha value is -2.98. The maximum Gasteiger partial charge on any atom is 0.407 e. The molecule has 0 aromatic carbocycles. The minimum absolute atomic E-state index is 0.0561. The molecule has 1 atom stereocenters. The number of nitrogens with one attached hydrogen (secondary N) is 2. The Bertz CT molecular complexity index is 1010. The van der Waals surface area contributed by atoms with Gasteiger partial charge in [0.15, 0.2) is 5.65 Å². The zero-order valence-corrected chi connectivity index (χ0v) is 17.6. The molecular weight excluding hydrogens is 422 g/mol. The molecule has 0 radical (unpaired) electrons. The molecule has 0 spiro atoms. The van der Waals surface area contributed by atoms with E-state index >= 15 is 0 Å². The Labute approximate surface area is 183 Å². The number of amides is 3. The quantitative estimate of drug-likeness (QED) is 0.708.